The lowest BCUT2D eigenvalue weighted by molar-refractivity contribution is -0.137. The molecular formula is C19H30N4O. The molecule has 132 valence electrons. The third-order valence-corrected chi connectivity index (χ3v) is 5.33. The lowest BCUT2D eigenvalue weighted by atomic mass is 9.95. The molecule has 3 heterocycles. The lowest BCUT2D eigenvalue weighted by Gasteiger charge is -2.38. The van der Waals surface area contributed by atoms with Gasteiger partial charge in [0.2, 0.25) is 5.91 Å². The lowest BCUT2D eigenvalue weighted by Crippen LogP contribution is -2.51. The molecule has 0 aliphatic carbocycles. The summed E-state index contributed by atoms with van der Waals surface area (Å²) in [5, 5.41) is 0. The highest BCUT2D eigenvalue weighted by atomic mass is 16.2. The Balaban J connectivity index is 1.56. The van der Waals surface area contributed by atoms with Crippen molar-refractivity contribution >= 4 is 11.7 Å². The molecule has 2 saturated heterocycles. The number of amides is 1. The van der Waals surface area contributed by atoms with Gasteiger partial charge in [0.15, 0.2) is 0 Å². The van der Waals surface area contributed by atoms with E-state index in [1.165, 1.54) is 0 Å². The van der Waals surface area contributed by atoms with E-state index in [0.717, 1.165) is 63.6 Å². The third-order valence-electron chi connectivity index (χ3n) is 5.33. The molecule has 1 amide bonds. The molecule has 0 bridgehead atoms. The predicted molar refractivity (Wildman–Crippen MR) is 97.3 cm³/mol. The highest BCUT2D eigenvalue weighted by Gasteiger charge is 2.29. The van der Waals surface area contributed by atoms with Gasteiger partial charge >= 0.3 is 0 Å². The maximum atomic E-state index is 12.7. The number of anilines is 1. The number of carbonyl (C=O) groups is 1. The first kappa shape index (κ1) is 17.2. The van der Waals surface area contributed by atoms with Gasteiger partial charge in [-0.2, -0.15) is 0 Å². The normalized spacial score (nSPS) is 20.7. The van der Waals surface area contributed by atoms with Crippen molar-refractivity contribution in [3.05, 3.63) is 23.9 Å². The fourth-order valence-corrected chi connectivity index (χ4v) is 3.61. The van der Waals surface area contributed by atoms with Crippen molar-refractivity contribution in [2.24, 2.45) is 5.92 Å². The van der Waals surface area contributed by atoms with Crippen molar-refractivity contribution in [1.29, 1.82) is 0 Å². The van der Waals surface area contributed by atoms with Gasteiger partial charge in [0.25, 0.3) is 0 Å². The second kappa shape index (κ2) is 7.51. The Kier molecular flexibility index (Phi) is 5.39. The van der Waals surface area contributed by atoms with Crippen LogP contribution in [0.25, 0.3) is 0 Å². The zero-order valence-electron chi connectivity index (χ0n) is 15.2. The average Bonchev–Trinajstić information content (AvgIpc) is 2.62. The summed E-state index contributed by atoms with van der Waals surface area (Å²) in [5.74, 6) is 2.09. The molecule has 0 aromatic carbocycles. The maximum Gasteiger partial charge on any atom is 0.225 e. The van der Waals surface area contributed by atoms with Crippen molar-refractivity contribution in [1.82, 2.24) is 14.8 Å². The summed E-state index contributed by atoms with van der Waals surface area (Å²) in [6, 6.07) is 6.27. The first-order chi connectivity index (χ1) is 11.5. The molecule has 2 fully saturated rings. The van der Waals surface area contributed by atoms with E-state index in [0.29, 0.717) is 11.8 Å². The number of likely N-dealkylation sites (tertiary alicyclic amines) is 1. The van der Waals surface area contributed by atoms with E-state index in [-0.39, 0.29) is 5.92 Å². The van der Waals surface area contributed by atoms with Crippen LogP contribution < -0.4 is 4.90 Å². The van der Waals surface area contributed by atoms with Crippen LogP contribution in [0.3, 0.4) is 0 Å². The molecule has 0 unspecified atom stereocenters. The topological polar surface area (TPSA) is 39.7 Å². The van der Waals surface area contributed by atoms with E-state index in [9.17, 15) is 4.79 Å². The molecule has 1 aromatic rings. The summed E-state index contributed by atoms with van der Waals surface area (Å²) in [4.78, 5) is 24.2. The van der Waals surface area contributed by atoms with Gasteiger partial charge in [0.1, 0.15) is 5.82 Å². The Labute approximate surface area is 145 Å². The van der Waals surface area contributed by atoms with Crippen molar-refractivity contribution in [2.45, 2.75) is 32.6 Å². The van der Waals surface area contributed by atoms with Gasteiger partial charge in [0.05, 0.1) is 0 Å². The zero-order valence-corrected chi connectivity index (χ0v) is 15.2. The number of hydrogen-bond donors (Lipinski definition) is 0. The molecule has 0 atom stereocenters. The van der Waals surface area contributed by atoms with E-state index >= 15 is 0 Å². The minimum absolute atomic E-state index is 0.232. The van der Waals surface area contributed by atoms with Crippen LogP contribution in [0.1, 0.15) is 38.3 Å². The summed E-state index contributed by atoms with van der Waals surface area (Å²) in [6.45, 7) is 9.83. The average molecular weight is 330 g/mol. The van der Waals surface area contributed by atoms with E-state index < -0.39 is 0 Å². The standard InChI is InChI=1S/C19H30N4O/c1-15(2)17-5-4-6-18(20-17)22-11-13-23(14-12-22)19(24)16-7-9-21(3)10-8-16/h4-6,15-16H,7-14H2,1-3H3. The summed E-state index contributed by atoms with van der Waals surface area (Å²) in [7, 11) is 2.14. The number of piperazine rings is 1. The summed E-state index contributed by atoms with van der Waals surface area (Å²) in [5.41, 5.74) is 1.14. The minimum Gasteiger partial charge on any atom is -0.353 e. The number of nitrogens with zero attached hydrogens (tertiary/aromatic N) is 4. The predicted octanol–water partition coefficient (Wildman–Crippen LogP) is 2.20. The van der Waals surface area contributed by atoms with Crippen LogP contribution >= 0.6 is 0 Å². The number of aromatic nitrogens is 1. The number of hydrogen-bond acceptors (Lipinski definition) is 4. The van der Waals surface area contributed by atoms with Gasteiger partial charge in [0, 0.05) is 37.8 Å². The highest BCUT2D eigenvalue weighted by molar-refractivity contribution is 5.79. The SMILES string of the molecule is CC(C)c1cccc(N2CCN(C(=O)C3CCN(C)CC3)CC2)n1. The first-order valence-corrected chi connectivity index (χ1v) is 9.24. The molecule has 24 heavy (non-hydrogen) atoms. The van der Waals surface area contributed by atoms with Crippen LogP contribution in [0.2, 0.25) is 0 Å². The van der Waals surface area contributed by atoms with Gasteiger partial charge in [-0.05, 0) is 51.0 Å². The Hall–Kier alpha value is -1.62. The molecule has 0 radical (unpaired) electrons. The number of carbonyl (C=O) groups excluding carboxylic acids is 1. The van der Waals surface area contributed by atoms with E-state index in [1.54, 1.807) is 0 Å². The Bertz CT molecular complexity index is 558. The monoisotopic (exact) mass is 330 g/mol. The van der Waals surface area contributed by atoms with Crippen LogP contribution in [0.4, 0.5) is 5.82 Å². The molecule has 0 N–H and O–H groups in total. The van der Waals surface area contributed by atoms with E-state index in [1.807, 2.05) is 0 Å². The largest absolute Gasteiger partial charge is 0.353 e. The second-order valence-corrected chi connectivity index (χ2v) is 7.47. The second-order valence-electron chi connectivity index (χ2n) is 7.47. The maximum absolute atomic E-state index is 12.7. The van der Waals surface area contributed by atoms with Crippen LogP contribution in [-0.4, -0.2) is 67.0 Å². The number of rotatable bonds is 3. The van der Waals surface area contributed by atoms with E-state index in [2.05, 4.69) is 53.8 Å². The first-order valence-electron chi connectivity index (χ1n) is 9.24. The van der Waals surface area contributed by atoms with Crippen molar-refractivity contribution in [2.75, 3.05) is 51.2 Å². The van der Waals surface area contributed by atoms with Crippen LogP contribution in [-0.2, 0) is 4.79 Å². The van der Waals surface area contributed by atoms with Crippen molar-refractivity contribution in [3.63, 3.8) is 0 Å². The summed E-state index contributed by atoms with van der Waals surface area (Å²) >= 11 is 0. The Morgan fingerprint density at radius 3 is 2.38 bits per heavy atom. The quantitative estimate of drug-likeness (QED) is 0.852. The molecule has 3 rings (SSSR count). The Morgan fingerprint density at radius 2 is 1.75 bits per heavy atom. The van der Waals surface area contributed by atoms with Crippen LogP contribution in [0.15, 0.2) is 18.2 Å². The molecule has 5 nitrogen and oxygen atoms in total. The van der Waals surface area contributed by atoms with Gasteiger partial charge in [-0.3, -0.25) is 4.79 Å². The van der Waals surface area contributed by atoms with Gasteiger partial charge in [-0.25, -0.2) is 4.98 Å². The van der Waals surface area contributed by atoms with E-state index in [4.69, 9.17) is 4.98 Å². The Morgan fingerprint density at radius 1 is 1.08 bits per heavy atom. The number of pyridine rings is 1. The van der Waals surface area contributed by atoms with Crippen LogP contribution in [0, 0.1) is 5.92 Å². The zero-order chi connectivity index (χ0) is 17.1. The molecule has 1 aromatic heterocycles. The molecule has 5 heteroatoms. The van der Waals surface area contributed by atoms with Gasteiger partial charge in [-0.1, -0.05) is 19.9 Å². The fourth-order valence-electron chi connectivity index (χ4n) is 3.61. The molecule has 2 aliphatic heterocycles. The van der Waals surface area contributed by atoms with Crippen LogP contribution in [0.5, 0.6) is 0 Å². The highest BCUT2D eigenvalue weighted by Crippen LogP contribution is 2.22. The minimum atomic E-state index is 0.232. The number of piperidine rings is 1. The van der Waals surface area contributed by atoms with Crippen molar-refractivity contribution in [3.8, 4) is 0 Å². The smallest absolute Gasteiger partial charge is 0.225 e. The molecule has 0 saturated carbocycles. The summed E-state index contributed by atoms with van der Waals surface area (Å²) in [6.07, 6.45) is 2.01. The molecule has 0 spiro atoms. The van der Waals surface area contributed by atoms with Gasteiger partial charge < -0.3 is 14.7 Å². The molecular weight excluding hydrogens is 300 g/mol. The third kappa shape index (κ3) is 3.89. The molecule has 2 aliphatic rings. The fraction of sp³-hybridized carbons (Fsp3) is 0.684. The summed E-state index contributed by atoms with van der Waals surface area (Å²) < 4.78 is 0. The van der Waals surface area contributed by atoms with Gasteiger partial charge in [-0.15, -0.1) is 0 Å². The van der Waals surface area contributed by atoms with Crippen molar-refractivity contribution < 1.29 is 4.79 Å².